The van der Waals surface area contributed by atoms with E-state index in [4.69, 9.17) is 0 Å². The Bertz CT molecular complexity index is 250. The van der Waals surface area contributed by atoms with Gasteiger partial charge in [0.05, 0.1) is 10.2 Å². The number of halogens is 1. The second kappa shape index (κ2) is 3.01. The molecule has 0 unspecified atom stereocenters. The van der Waals surface area contributed by atoms with Crippen LogP contribution in [-0.4, -0.2) is 9.78 Å². The summed E-state index contributed by atoms with van der Waals surface area (Å²) in [5.74, 6) is 0. The van der Waals surface area contributed by atoms with Gasteiger partial charge in [0.2, 0.25) is 0 Å². The van der Waals surface area contributed by atoms with Crippen LogP contribution >= 0.6 is 15.9 Å². The fraction of sp³-hybridized carbons (Fsp3) is 0.286. The van der Waals surface area contributed by atoms with Gasteiger partial charge in [-0.1, -0.05) is 6.08 Å². The van der Waals surface area contributed by atoms with Crippen LogP contribution in [0.3, 0.4) is 0 Å². The smallest absolute Gasteiger partial charge is 0.0989 e. The zero-order chi connectivity index (χ0) is 7.56. The van der Waals surface area contributed by atoms with Gasteiger partial charge in [0, 0.05) is 13.2 Å². The van der Waals surface area contributed by atoms with Crippen molar-refractivity contribution in [2.24, 2.45) is 7.05 Å². The molecule has 0 aliphatic heterocycles. The maximum absolute atomic E-state index is 4.18. The minimum Gasteiger partial charge on any atom is -0.274 e. The molecular weight excluding hydrogens is 192 g/mol. The molecule has 0 amide bonds. The van der Waals surface area contributed by atoms with Crippen molar-refractivity contribution in [2.75, 3.05) is 0 Å². The van der Waals surface area contributed by atoms with Crippen molar-refractivity contribution >= 4 is 22.0 Å². The minimum absolute atomic E-state index is 0.977. The highest BCUT2D eigenvalue weighted by molar-refractivity contribution is 9.10. The molecule has 54 valence electrons. The van der Waals surface area contributed by atoms with Gasteiger partial charge < -0.3 is 0 Å². The summed E-state index contributed by atoms with van der Waals surface area (Å²) in [6.07, 6.45) is 5.85. The molecule has 1 aromatic heterocycles. The van der Waals surface area contributed by atoms with E-state index in [1.807, 2.05) is 32.3 Å². The molecule has 10 heavy (non-hydrogen) atoms. The molecule has 0 aromatic carbocycles. The van der Waals surface area contributed by atoms with E-state index in [1.54, 1.807) is 4.68 Å². The van der Waals surface area contributed by atoms with Crippen LogP contribution in [0.1, 0.15) is 12.6 Å². The van der Waals surface area contributed by atoms with Crippen LogP contribution in [0.4, 0.5) is 0 Å². The predicted octanol–water partition coefficient (Wildman–Crippen LogP) is 2.22. The zero-order valence-corrected chi connectivity index (χ0v) is 7.59. The Labute approximate surface area is 68.7 Å². The van der Waals surface area contributed by atoms with Gasteiger partial charge in [0.15, 0.2) is 0 Å². The van der Waals surface area contributed by atoms with Gasteiger partial charge in [0.25, 0.3) is 0 Å². The molecule has 3 heteroatoms. The lowest BCUT2D eigenvalue weighted by Gasteiger charge is -1.82. The van der Waals surface area contributed by atoms with E-state index in [2.05, 4.69) is 21.0 Å². The predicted molar refractivity (Wildman–Crippen MR) is 45.6 cm³/mol. The fourth-order valence-corrected chi connectivity index (χ4v) is 1.26. The van der Waals surface area contributed by atoms with Gasteiger partial charge in [-0.2, -0.15) is 5.10 Å². The molecule has 0 saturated heterocycles. The van der Waals surface area contributed by atoms with Crippen molar-refractivity contribution in [3.63, 3.8) is 0 Å². The summed E-state index contributed by atoms with van der Waals surface area (Å²) in [5.41, 5.74) is 0.977. The largest absolute Gasteiger partial charge is 0.274 e. The van der Waals surface area contributed by atoms with Crippen molar-refractivity contribution in [3.8, 4) is 0 Å². The van der Waals surface area contributed by atoms with Crippen LogP contribution in [-0.2, 0) is 7.05 Å². The molecule has 0 saturated carbocycles. The molecule has 2 nitrogen and oxygen atoms in total. The lowest BCUT2D eigenvalue weighted by Crippen LogP contribution is -1.86. The molecule has 0 atom stereocenters. The minimum atomic E-state index is 0.977. The van der Waals surface area contributed by atoms with Crippen molar-refractivity contribution in [3.05, 3.63) is 22.4 Å². The van der Waals surface area contributed by atoms with Crippen LogP contribution in [0.2, 0.25) is 0 Å². The number of rotatable bonds is 1. The van der Waals surface area contributed by atoms with E-state index >= 15 is 0 Å². The highest BCUT2D eigenvalue weighted by Gasteiger charge is 1.98. The number of aryl methyl sites for hydroxylation is 1. The molecule has 1 rings (SSSR count). The van der Waals surface area contributed by atoms with E-state index in [0.29, 0.717) is 0 Å². The summed E-state index contributed by atoms with van der Waals surface area (Å²) in [5, 5.41) is 4.18. The van der Waals surface area contributed by atoms with E-state index in [-0.39, 0.29) is 0 Å². The van der Waals surface area contributed by atoms with Crippen LogP contribution < -0.4 is 0 Å². The first-order valence-corrected chi connectivity index (χ1v) is 3.85. The number of aromatic nitrogens is 2. The summed E-state index contributed by atoms with van der Waals surface area (Å²) in [4.78, 5) is 0. The summed E-state index contributed by atoms with van der Waals surface area (Å²) in [7, 11) is 1.90. The number of hydrogen-bond acceptors (Lipinski definition) is 1. The fourth-order valence-electron chi connectivity index (χ4n) is 0.748. The number of allylic oxidation sites excluding steroid dienone is 1. The van der Waals surface area contributed by atoms with Crippen LogP contribution in [0.5, 0.6) is 0 Å². The Morgan fingerprint density at radius 2 is 2.40 bits per heavy atom. The average Bonchev–Trinajstić information content (AvgIpc) is 2.13. The van der Waals surface area contributed by atoms with Crippen molar-refractivity contribution < 1.29 is 0 Å². The normalized spacial score (nSPS) is 11.1. The Kier molecular flexibility index (Phi) is 2.27. The first-order chi connectivity index (χ1) is 4.74. The first kappa shape index (κ1) is 7.54. The van der Waals surface area contributed by atoms with Gasteiger partial charge in [-0.3, -0.25) is 4.68 Å². The van der Waals surface area contributed by atoms with E-state index in [9.17, 15) is 0 Å². The lowest BCUT2D eigenvalue weighted by atomic mass is 10.4. The van der Waals surface area contributed by atoms with Gasteiger partial charge in [0.1, 0.15) is 0 Å². The third-order valence-electron chi connectivity index (χ3n) is 1.13. The molecule has 0 N–H and O–H groups in total. The Morgan fingerprint density at radius 3 is 2.80 bits per heavy atom. The number of nitrogens with zero attached hydrogens (tertiary/aromatic N) is 2. The van der Waals surface area contributed by atoms with Gasteiger partial charge >= 0.3 is 0 Å². The first-order valence-electron chi connectivity index (χ1n) is 3.06. The second-order valence-corrected chi connectivity index (χ2v) is 2.89. The molecule has 0 radical (unpaired) electrons. The molecule has 0 aliphatic rings. The average molecular weight is 201 g/mol. The van der Waals surface area contributed by atoms with Crippen molar-refractivity contribution in [2.45, 2.75) is 6.92 Å². The maximum atomic E-state index is 4.18. The highest BCUT2D eigenvalue weighted by Crippen LogP contribution is 2.14. The lowest BCUT2D eigenvalue weighted by molar-refractivity contribution is 0.764. The highest BCUT2D eigenvalue weighted by atomic mass is 79.9. The Hall–Kier alpha value is -0.570. The van der Waals surface area contributed by atoms with Crippen molar-refractivity contribution in [1.29, 1.82) is 0 Å². The quantitative estimate of drug-likeness (QED) is 0.681. The molecule has 0 fully saturated rings. The van der Waals surface area contributed by atoms with Crippen LogP contribution in [0.15, 0.2) is 16.7 Å². The standard InChI is InChI=1S/C7H9BrN2/c1-3-4-7-6(8)5-10(2)9-7/h3-5H,1-2H3/b4-3+. The van der Waals surface area contributed by atoms with Crippen molar-refractivity contribution in [1.82, 2.24) is 9.78 Å². The van der Waals surface area contributed by atoms with Gasteiger partial charge in [-0.15, -0.1) is 0 Å². The van der Waals surface area contributed by atoms with Gasteiger partial charge in [-0.25, -0.2) is 0 Å². The maximum Gasteiger partial charge on any atom is 0.0989 e. The third kappa shape index (κ3) is 1.48. The number of hydrogen-bond donors (Lipinski definition) is 0. The van der Waals surface area contributed by atoms with Crippen LogP contribution in [0, 0.1) is 0 Å². The van der Waals surface area contributed by atoms with E-state index in [0.717, 1.165) is 10.2 Å². The summed E-state index contributed by atoms with van der Waals surface area (Å²) in [6.45, 7) is 1.97. The molecule has 1 heterocycles. The molecule has 0 bridgehead atoms. The molecule has 0 aliphatic carbocycles. The molecular formula is C7H9BrN2. The summed E-state index contributed by atoms with van der Waals surface area (Å²) in [6, 6.07) is 0. The zero-order valence-electron chi connectivity index (χ0n) is 6.00. The van der Waals surface area contributed by atoms with E-state index in [1.165, 1.54) is 0 Å². The molecule has 0 spiro atoms. The monoisotopic (exact) mass is 200 g/mol. The van der Waals surface area contributed by atoms with E-state index < -0.39 is 0 Å². The SMILES string of the molecule is C/C=C/c1nn(C)cc1Br. The topological polar surface area (TPSA) is 17.8 Å². The van der Waals surface area contributed by atoms with Gasteiger partial charge in [-0.05, 0) is 28.9 Å². The second-order valence-electron chi connectivity index (χ2n) is 2.04. The Morgan fingerprint density at radius 1 is 1.70 bits per heavy atom. The Balaban J connectivity index is 3.03. The summed E-state index contributed by atoms with van der Waals surface area (Å²) >= 11 is 3.38. The third-order valence-corrected chi connectivity index (χ3v) is 1.75. The molecule has 1 aromatic rings. The summed E-state index contributed by atoms with van der Waals surface area (Å²) < 4.78 is 2.81. The van der Waals surface area contributed by atoms with Crippen LogP contribution in [0.25, 0.3) is 6.08 Å².